The molecule has 0 unspecified atom stereocenters. The lowest BCUT2D eigenvalue weighted by atomic mass is 10.1. The van der Waals surface area contributed by atoms with E-state index in [1.807, 2.05) is 0 Å². The lowest BCUT2D eigenvalue weighted by molar-refractivity contribution is -0.196. The number of carbonyl (C=O) groups excluding carboxylic acids is 1. The van der Waals surface area contributed by atoms with E-state index >= 15 is 0 Å². The molecule has 1 amide bonds. The van der Waals surface area contributed by atoms with E-state index in [0.29, 0.717) is 5.06 Å². The molecule has 0 aromatic heterocycles. The van der Waals surface area contributed by atoms with Gasteiger partial charge in [-0.05, 0) is 6.07 Å². The van der Waals surface area contributed by atoms with Crippen molar-refractivity contribution < 1.29 is 18.4 Å². The SMILES string of the molecule is CON(C)C(=O)C(F)(F)c1ccccc1Br. The van der Waals surface area contributed by atoms with Gasteiger partial charge < -0.3 is 0 Å². The Labute approximate surface area is 100 Å². The Kier molecular flexibility index (Phi) is 3.98. The van der Waals surface area contributed by atoms with E-state index in [1.54, 1.807) is 6.07 Å². The van der Waals surface area contributed by atoms with Gasteiger partial charge in [0.1, 0.15) is 0 Å². The molecule has 0 spiro atoms. The first-order valence-electron chi connectivity index (χ1n) is 4.36. The van der Waals surface area contributed by atoms with Crippen LogP contribution < -0.4 is 0 Å². The highest BCUT2D eigenvalue weighted by atomic mass is 79.9. The Morgan fingerprint density at radius 3 is 2.50 bits per heavy atom. The summed E-state index contributed by atoms with van der Waals surface area (Å²) in [4.78, 5) is 15.8. The maximum Gasteiger partial charge on any atom is 0.353 e. The number of likely N-dealkylation sites (N-methyl/N-ethyl adjacent to an activating group) is 1. The third-order valence-electron chi connectivity index (χ3n) is 2.04. The molecule has 0 aliphatic heterocycles. The number of carbonyl (C=O) groups is 1. The van der Waals surface area contributed by atoms with E-state index in [4.69, 9.17) is 0 Å². The molecular formula is C10H10BrF2NO2. The van der Waals surface area contributed by atoms with Crippen molar-refractivity contribution in [3.8, 4) is 0 Å². The minimum absolute atomic E-state index is 0.179. The average molecular weight is 294 g/mol. The number of alkyl halides is 2. The van der Waals surface area contributed by atoms with Crippen LogP contribution in [0.15, 0.2) is 28.7 Å². The number of hydrogen-bond acceptors (Lipinski definition) is 2. The highest BCUT2D eigenvalue weighted by Crippen LogP contribution is 2.34. The number of hydroxylamine groups is 2. The molecule has 0 atom stereocenters. The first-order valence-corrected chi connectivity index (χ1v) is 5.15. The van der Waals surface area contributed by atoms with Crippen molar-refractivity contribution >= 4 is 21.8 Å². The van der Waals surface area contributed by atoms with E-state index in [-0.39, 0.29) is 10.0 Å². The normalized spacial score (nSPS) is 11.3. The van der Waals surface area contributed by atoms with Crippen LogP contribution in [0.3, 0.4) is 0 Å². The maximum absolute atomic E-state index is 13.7. The molecule has 0 N–H and O–H groups in total. The first-order chi connectivity index (χ1) is 7.41. The molecule has 0 saturated carbocycles. The fourth-order valence-corrected chi connectivity index (χ4v) is 1.65. The molecule has 0 bridgehead atoms. The van der Waals surface area contributed by atoms with Crippen molar-refractivity contribution in [1.29, 1.82) is 0 Å². The van der Waals surface area contributed by atoms with Crippen molar-refractivity contribution in [2.75, 3.05) is 14.2 Å². The number of hydrogen-bond donors (Lipinski definition) is 0. The second-order valence-corrected chi connectivity index (χ2v) is 3.89. The van der Waals surface area contributed by atoms with Crippen LogP contribution in [0.2, 0.25) is 0 Å². The predicted molar refractivity (Wildman–Crippen MR) is 57.8 cm³/mol. The monoisotopic (exact) mass is 293 g/mol. The van der Waals surface area contributed by atoms with Gasteiger partial charge in [0, 0.05) is 17.1 Å². The smallest absolute Gasteiger partial charge is 0.274 e. The van der Waals surface area contributed by atoms with Crippen molar-refractivity contribution in [3.63, 3.8) is 0 Å². The van der Waals surface area contributed by atoms with Gasteiger partial charge in [0.25, 0.3) is 0 Å². The Balaban J connectivity index is 3.11. The van der Waals surface area contributed by atoms with Crippen molar-refractivity contribution in [2.24, 2.45) is 0 Å². The maximum atomic E-state index is 13.7. The summed E-state index contributed by atoms with van der Waals surface area (Å²) in [6, 6.07) is 5.66. The fraction of sp³-hybridized carbons (Fsp3) is 0.300. The van der Waals surface area contributed by atoms with Gasteiger partial charge in [0.05, 0.1) is 7.11 Å². The molecule has 6 heteroatoms. The summed E-state index contributed by atoms with van der Waals surface area (Å²) < 4.78 is 27.7. The molecule has 88 valence electrons. The van der Waals surface area contributed by atoms with E-state index in [9.17, 15) is 13.6 Å². The second-order valence-electron chi connectivity index (χ2n) is 3.04. The van der Waals surface area contributed by atoms with E-state index in [2.05, 4.69) is 20.8 Å². The number of benzene rings is 1. The minimum atomic E-state index is -3.62. The van der Waals surface area contributed by atoms with Gasteiger partial charge in [-0.1, -0.05) is 34.1 Å². The van der Waals surface area contributed by atoms with Gasteiger partial charge in [-0.15, -0.1) is 0 Å². The Morgan fingerprint density at radius 2 is 2.00 bits per heavy atom. The van der Waals surface area contributed by atoms with Crippen LogP contribution in [0.4, 0.5) is 8.78 Å². The molecule has 16 heavy (non-hydrogen) atoms. The molecule has 0 aliphatic carbocycles. The molecule has 0 saturated heterocycles. The van der Waals surface area contributed by atoms with Crippen LogP contribution >= 0.6 is 15.9 Å². The largest absolute Gasteiger partial charge is 0.353 e. The highest BCUT2D eigenvalue weighted by molar-refractivity contribution is 9.10. The Bertz CT molecular complexity index is 398. The lowest BCUT2D eigenvalue weighted by Crippen LogP contribution is -2.39. The lowest BCUT2D eigenvalue weighted by Gasteiger charge is -2.22. The van der Waals surface area contributed by atoms with Crippen molar-refractivity contribution in [3.05, 3.63) is 34.3 Å². The molecule has 0 heterocycles. The molecular weight excluding hydrogens is 284 g/mol. The zero-order valence-electron chi connectivity index (χ0n) is 8.71. The topological polar surface area (TPSA) is 29.5 Å². The zero-order valence-corrected chi connectivity index (χ0v) is 10.3. The second kappa shape index (κ2) is 4.88. The van der Waals surface area contributed by atoms with E-state index in [0.717, 1.165) is 14.2 Å². The number of nitrogens with zero attached hydrogens (tertiary/aromatic N) is 1. The van der Waals surface area contributed by atoms with Crippen LogP contribution in [0.25, 0.3) is 0 Å². The molecule has 0 aliphatic rings. The Hall–Kier alpha value is -1.01. The van der Waals surface area contributed by atoms with Gasteiger partial charge >= 0.3 is 11.8 Å². The summed E-state index contributed by atoms with van der Waals surface area (Å²) in [5, 5.41) is 0.499. The quantitative estimate of drug-likeness (QED) is 0.802. The molecule has 1 aromatic rings. The highest BCUT2D eigenvalue weighted by Gasteiger charge is 2.44. The average Bonchev–Trinajstić information content (AvgIpc) is 2.27. The fourth-order valence-electron chi connectivity index (χ4n) is 1.11. The van der Waals surface area contributed by atoms with Crippen LogP contribution in [0.1, 0.15) is 5.56 Å². The van der Waals surface area contributed by atoms with E-state index < -0.39 is 11.8 Å². The van der Waals surface area contributed by atoms with Gasteiger partial charge in [-0.3, -0.25) is 9.63 Å². The zero-order chi connectivity index (χ0) is 12.3. The summed E-state index contributed by atoms with van der Waals surface area (Å²) in [5.41, 5.74) is -0.385. The van der Waals surface area contributed by atoms with E-state index in [1.165, 1.54) is 18.2 Å². The first kappa shape index (κ1) is 13.1. The van der Waals surface area contributed by atoms with Crippen molar-refractivity contribution in [2.45, 2.75) is 5.92 Å². The summed E-state index contributed by atoms with van der Waals surface area (Å²) in [6.45, 7) is 0. The van der Waals surface area contributed by atoms with Crippen LogP contribution in [-0.2, 0) is 15.6 Å². The molecule has 1 aromatic carbocycles. The number of amides is 1. The third kappa shape index (κ3) is 2.38. The minimum Gasteiger partial charge on any atom is -0.274 e. The number of rotatable bonds is 3. The predicted octanol–water partition coefficient (Wildman–Crippen LogP) is 2.56. The molecule has 3 nitrogen and oxygen atoms in total. The van der Waals surface area contributed by atoms with Gasteiger partial charge in [-0.2, -0.15) is 8.78 Å². The molecule has 1 rings (SSSR count). The number of halogens is 3. The van der Waals surface area contributed by atoms with Gasteiger partial charge in [0.15, 0.2) is 0 Å². The summed E-state index contributed by atoms with van der Waals surface area (Å²) in [7, 11) is 2.28. The summed E-state index contributed by atoms with van der Waals surface area (Å²) in [6.07, 6.45) is 0. The van der Waals surface area contributed by atoms with Crippen LogP contribution in [-0.4, -0.2) is 25.1 Å². The van der Waals surface area contributed by atoms with Crippen molar-refractivity contribution in [1.82, 2.24) is 5.06 Å². The Morgan fingerprint density at radius 1 is 1.44 bits per heavy atom. The summed E-state index contributed by atoms with van der Waals surface area (Å²) in [5.74, 6) is -5.04. The van der Waals surface area contributed by atoms with Crippen LogP contribution in [0, 0.1) is 0 Å². The van der Waals surface area contributed by atoms with Gasteiger partial charge in [0.2, 0.25) is 0 Å². The standard InChI is InChI=1S/C10H10BrF2NO2/c1-14(16-2)9(15)10(12,13)7-5-3-4-6-8(7)11/h3-6H,1-2H3. The molecule has 0 fully saturated rings. The van der Waals surface area contributed by atoms with Gasteiger partial charge in [-0.25, -0.2) is 5.06 Å². The third-order valence-corrected chi connectivity index (χ3v) is 2.73. The summed E-state index contributed by atoms with van der Waals surface area (Å²) >= 11 is 2.98. The van der Waals surface area contributed by atoms with Crippen LogP contribution in [0.5, 0.6) is 0 Å². The molecule has 0 radical (unpaired) electrons.